The molecule has 0 bridgehead atoms. The number of amides is 1. The Hall–Kier alpha value is -3.02. The molecule has 0 aliphatic heterocycles. The lowest BCUT2D eigenvalue weighted by Crippen LogP contribution is -2.17. The number of hydrogen-bond acceptors (Lipinski definition) is 2. The molecule has 0 unspecified atom stereocenters. The van der Waals surface area contributed by atoms with Crippen LogP contribution < -0.4 is 5.32 Å². The van der Waals surface area contributed by atoms with Gasteiger partial charge in [0.05, 0.1) is 17.1 Å². The first kappa shape index (κ1) is 15.5. The molecule has 3 aromatic rings. The molecular formula is C19H15F2N3O. The first-order valence-electron chi connectivity index (χ1n) is 8.03. The SMILES string of the molecule is O=C(Nc1cc(F)ccc1F)c1cc(C2CC2)nn1-c1ccccc1. The second-order valence-corrected chi connectivity index (χ2v) is 6.05. The van der Waals surface area contributed by atoms with Crippen molar-refractivity contribution in [1.82, 2.24) is 9.78 Å². The highest BCUT2D eigenvalue weighted by Crippen LogP contribution is 2.39. The summed E-state index contributed by atoms with van der Waals surface area (Å²) < 4.78 is 28.7. The lowest BCUT2D eigenvalue weighted by Gasteiger charge is -2.09. The van der Waals surface area contributed by atoms with Gasteiger partial charge in [0, 0.05) is 12.0 Å². The standard InChI is InChI=1S/C19H15F2N3O/c20-13-8-9-15(21)17(10-13)22-19(25)18-11-16(12-6-7-12)23-24(18)14-4-2-1-3-5-14/h1-5,8-12H,6-7H2,(H,22,25). The van der Waals surface area contributed by atoms with Gasteiger partial charge in [0.15, 0.2) is 0 Å². The molecule has 0 radical (unpaired) electrons. The molecule has 1 aliphatic rings. The van der Waals surface area contributed by atoms with E-state index < -0.39 is 17.5 Å². The number of rotatable bonds is 4. The first-order chi connectivity index (χ1) is 12.1. The minimum absolute atomic E-state index is 0.196. The summed E-state index contributed by atoms with van der Waals surface area (Å²) in [5.74, 6) is -1.48. The van der Waals surface area contributed by atoms with Gasteiger partial charge in [-0.3, -0.25) is 4.79 Å². The number of anilines is 1. The van der Waals surface area contributed by atoms with Crippen molar-refractivity contribution in [3.63, 3.8) is 0 Å². The number of hydrogen-bond donors (Lipinski definition) is 1. The third kappa shape index (κ3) is 3.15. The lowest BCUT2D eigenvalue weighted by atomic mass is 10.2. The first-order valence-corrected chi connectivity index (χ1v) is 8.03. The van der Waals surface area contributed by atoms with Crippen LogP contribution in [0.5, 0.6) is 0 Å². The zero-order chi connectivity index (χ0) is 17.4. The molecule has 4 rings (SSSR count). The number of carbonyl (C=O) groups excluding carboxylic acids is 1. The van der Waals surface area contributed by atoms with E-state index in [1.807, 2.05) is 30.3 Å². The van der Waals surface area contributed by atoms with Crippen molar-refractivity contribution in [2.45, 2.75) is 18.8 Å². The maximum Gasteiger partial charge on any atom is 0.274 e. The van der Waals surface area contributed by atoms with Crippen molar-refractivity contribution in [3.8, 4) is 5.69 Å². The van der Waals surface area contributed by atoms with E-state index in [4.69, 9.17) is 0 Å². The minimum Gasteiger partial charge on any atom is -0.318 e. The Kier molecular flexibility index (Phi) is 3.80. The predicted octanol–water partition coefficient (Wildman–Crippen LogP) is 4.28. The molecule has 1 aromatic heterocycles. The molecule has 1 saturated carbocycles. The van der Waals surface area contributed by atoms with E-state index in [1.165, 1.54) is 0 Å². The second-order valence-electron chi connectivity index (χ2n) is 6.05. The summed E-state index contributed by atoms with van der Waals surface area (Å²) in [4.78, 5) is 12.7. The van der Waals surface area contributed by atoms with Gasteiger partial charge < -0.3 is 5.32 Å². The van der Waals surface area contributed by atoms with Gasteiger partial charge in [0.2, 0.25) is 0 Å². The summed E-state index contributed by atoms with van der Waals surface area (Å²) >= 11 is 0. The fourth-order valence-electron chi connectivity index (χ4n) is 2.69. The Morgan fingerprint density at radius 2 is 1.84 bits per heavy atom. The quantitative estimate of drug-likeness (QED) is 0.771. The molecule has 6 heteroatoms. The number of benzene rings is 2. The van der Waals surface area contributed by atoms with Crippen LogP contribution in [-0.4, -0.2) is 15.7 Å². The largest absolute Gasteiger partial charge is 0.318 e. The summed E-state index contributed by atoms with van der Waals surface area (Å²) in [5, 5.41) is 6.97. The van der Waals surface area contributed by atoms with E-state index in [9.17, 15) is 13.6 Å². The average Bonchev–Trinajstić information content (AvgIpc) is 3.37. The molecule has 0 saturated heterocycles. The lowest BCUT2D eigenvalue weighted by molar-refractivity contribution is 0.101. The molecule has 1 heterocycles. The van der Waals surface area contributed by atoms with Crippen LogP contribution in [0, 0.1) is 11.6 Å². The number of nitrogens with one attached hydrogen (secondary N) is 1. The zero-order valence-electron chi connectivity index (χ0n) is 13.2. The third-order valence-corrected chi connectivity index (χ3v) is 4.13. The number of nitrogens with zero attached hydrogens (tertiary/aromatic N) is 2. The van der Waals surface area contributed by atoms with E-state index in [2.05, 4.69) is 10.4 Å². The Balaban J connectivity index is 1.71. The summed E-state index contributed by atoms with van der Waals surface area (Å²) in [6, 6.07) is 13.9. The van der Waals surface area contributed by atoms with Crippen LogP contribution in [0.1, 0.15) is 34.9 Å². The summed E-state index contributed by atoms with van der Waals surface area (Å²) in [6.07, 6.45) is 2.09. The molecule has 1 amide bonds. The maximum absolute atomic E-state index is 13.8. The molecule has 1 N–H and O–H groups in total. The average molecular weight is 339 g/mol. The van der Waals surface area contributed by atoms with E-state index in [0.29, 0.717) is 5.92 Å². The molecule has 2 aromatic carbocycles. The van der Waals surface area contributed by atoms with Crippen LogP contribution in [0.25, 0.3) is 5.69 Å². The smallest absolute Gasteiger partial charge is 0.274 e. The molecular weight excluding hydrogens is 324 g/mol. The van der Waals surface area contributed by atoms with E-state index in [0.717, 1.165) is 42.4 Å². The summed E-state index contributed by atoms with van der Waals surface area (Å²) in [6.45, 7) is 0. The fourth-order valence-corrected chi connectivity index (χ4v) is 2.69. The number of aromatic nitrogens is 2. The van der Waals surface area contributed by atoms with Gasteiger partial charge in [-0.1, -0.05) is 18.2 Å². The van der Waals surface area contributed by atoms with Crippen LogP contribution in [0.2, 0.25) is 0 Å². The topological polar surface area (TPSA) is 46.9 Å². The number of para-hydroxylation sites is 1. The van der Waals surface area contributed by atoms with Crippen LogP contribution in [-0.2, 0) is 0 Å². The van der Waals surface area contributed by atoms with Gasteiger partial charge in [0.1, 0.15) is 17.3 Å². The van der Waals surface area contributed by atoms with Crippen molar-refractivity contribution >= 4 is 11.6 Å². The number of carbonyl (C=O) groups is 1. The third-order valence-electron chi connectivity index (χ3n) is 4.13. The van der Waals surface area contributed by atoms with Crippen molar-refractivity contribution in [2.24, 2.45) is 0 Å². The Bertz CT molecular complexity index is 933. The van der Waals surface area contributed by atoms with Crippen molar-refractivity contribution < 1.29 is 13.6 Å². The second kappa shape index (κ2) is 6.12. The van der Waals surface area contributed by atoms with E-state index >= 15 is 0 Å². The normalized spacial score (nSPS) is 13.7. The van der Waals surface area contributed by atoms with Gasteiger partial charge in [-0.05, 0) is 43.2 Å². The van der Waals surface area contributed by atoms with E-state index in [1.54, 1.807) is 10.7 Å². The summed E-state index contributed by atoms with van der Waals surface area (Å²) in [7, 11) is 0. The zero-order valence-corrected chi connectivity index (χ0v) is 13.2. The van der Waals surface area contributed by atoms with Gasteiger partial charge in [-0.15, -0.1) is 0 Å². The van der Waals surface area contributed by atoms with Crippen molar-refractivity contribution in [3.05, 3.63) is 77.6 Å². The highest BCUT2D eigenvalue weighted by atomic mass is 19.1. The van der Waals surface area contributed by atoms with Crippen molar-refractivity contribution in [2.75, 3.05) is 5.32 Å². The molecule has 126 valence electrons. The van der Waals surface area contributed by atoms with Crippen LogP contribution in [0.3, 0.4) is 0 Å². The molecule has 25 heavy (non-hydrogen) atoms. The monoisotopic (exact) mass is 339 g/mol. The summed E-state index contributed by atoms with van der Waals surface area (Å²) in [5.41, 5.74) is 1.67. The van der Waals surface area contributed by atoms with Crippen LogP contribution in [0.4, 0.5) is 14.5 Å². The maximum atomic E-state index is 13.8. The van der Waals surface area contributed by atoms with Crippen LogP contribution >= 0.6 is 0 Å². The van der Waals surface area contributed by atoms with Gasteiger partial charge in [-0.25, -0.2) is 13.5 Å². The molecule has 0 spiro atoms. The van der Waals surface area contributed by atoms with Gasteiger partial charge in [-0.2, -0.15) is 5.10 Å². The Morgan fingerprint density at radius 1 is 1.08 bits per heavy atom. The van der Waals surface area contributed by atoms with Gasteiger partial charge >= 0.3 is 0 Å². The fraction of sp³-hybridized carbons (Fsp3) is 0.158. The highest BCUT2D eigenvalue weighted by molar-refractivity contribution is 6.03. The molecule has 0 atom stereocenters. The Morgan fingerprint density at radius 3 is 2.56 bits per heavy atom. The molecule has 1 aliphatic carbocycles. The predicted molar refractivity (Wildman–Crippen MR) is 89.9 cm³/mol. The highest BCUT2D eigenvalue weighted by Gasteiger charge is 2.29. The van der Waals surface area contributed by atoms with E-state index in [-0.39, 0.29) is 11.4 Å². The van der Waals surface area contributed by atoms with Crippen molar-refractivity contribution in [1.29, 1.82) is 0 Å². The molecule has 4 nitrogen and oxygen atoms in total. The Labute approximate surface area is 143 Å². The minimum atomic E-state index is -0.692. The number of halogens is 2. The van der Waals surface area contributed by atoms with Gasteiger partial charge in [0.25, 0.3) is 5.91 Å². The molecule has 1 fully saturated rings. The van der Waals surface area contributed by atoms with Crippen LogP contribution in [0.15, 0.2) is 54.6 Å².